The van der Waals surface area contributed by atoms with Gasteiger partial charge in [-0.25, -0.2) is 9.36 Å². The minimum Gasteiger partial charge on any atom is -0.472 e. The summed E-state index contributed by atoms with van der Waals surface area (Å²) in [6.45, 7) is 0. The molecule has 1 rings (SSSR count). The molecule has 0 bridgehead atoms. The van der Waals surface area contributed by atoms with Crippen molar-refractivity contribution in [3.05, 3.63) is 0 Å². The van der Waals surface area contributed by atoms with Crippen LogP contribution in [0.2, 0.25) is 0 Å². The van der Waals surface area contributed by atoms with Crippen LogP contribution in [0.4, 0.5) is 4.79 Å². The van der Waals surface area contributed by atoms with Crippen LogP contribution in [0, 0.1) is 0 Å². The van der Waals surface area contributed by atoms with E-state index in [1.807, 2.05) is 0 Å². The van der Waals surface area contributed by atoms with Crippen LogP contribution >= 0.6 is 7.60 Å². The number of hydrogen-bond donors (Lipinski definition) is 5. The number of rotatable bonds is 1. The Morgan fingerprint density at radius 3 is 1.50 bits per heavy atom. The van der Waals surface area contributed by atoms with Gasteiger partial charge in [0, 0.05) is 12.1 Å². The topological polar surface area (TPSA) is 147 Å². The third-order valence-corrected chi connectivity index (χ3v) is 2.62. The Hall–Kier alpha value is 0.228. The average molecular weight is 435 g/mol. The van der Waals surface area contributed by atoms with Crippen molar-refractivity contribution in [3.63, 3.8) is 0 Å². The van der Waals surface area contributed by atoms with E-state index in [1.165, 1.54) is 12.8 Å². The monoisotopic (exact) mass is 435 g/mol. The first-order valence-corrected chi connectivity index (χ1v) is 6.16. The predicted molar refractivity (Wildman–Crippen MR) is 54.5 cm³/mol. The number of hydrogen-bond acceptors (Lipinski definition) is 4. The fourth-order valence-electron chi connectivity index (χ4n) is 1.19. The molecule has 2 unspecified atom stereocenters. The molecule has 1 saturated carbocycles. The van der Waals surface area contributed by atoms with Gasteiger partial charge in [0.1, 0.15) is 0 Å². The summed E-state index contributed by atoms with van der Waals surface area (Å²) in [5, 5.41) is 7.49. The molecule has 0 aromatic rings. The van der Waals surface area contributed by atoms with Crippen molar-refractivity contribution in [1.29, 1.82) is 0 Å². The van der Waals surface area contributed by atoms with Crippen molar-refractivity contribution < 1.29 is 45.3 Å². The van der Waals surface area contributed by atoms with Gasteiger partial charge in [0.15, 0.2) is 0 Å². The molecule has 7 nitrogen and oxygen atoms in total. The van der Waals surface area contributed by atoms with Crippen LogP contribution in [0.15, 0.2) is 0 Å². The van der Waals surface area contributed by atoms with Crippen LogP contribution in [0.5, 0.6) is 0 Å². The van der Waals surface area contributed by atoms with Crippen molar-refractivity contribution in [2.45, 2.75) is 37.8 Å². The smallest absolute Gasteiger partial charge is 0.472 e. The normalized spacial score (nSPS) is 24.8. The first-order valence-electron chi connectivity index (χ1n) is 4.55. The Kier molecular flexibility index (Phi) is 9.69. The van der Waals surface area contributed by atoms with Gasteiger partial charge >= 0.3 is 34.4 Å². The van der Waals surface area contributed by atoms with E-state index in [-0.39, 0.29) is 33.1 Å². The van der Waals surface area contributed by atoms with Crippen LogP contribution in [0.3, 0.4) is 0 Å². The third-order valence-electron chi connectivity index (χ3n) is 2.12. The minimum atomic E-state index is -4.82. The van der Waals surface area contributed by atoms with Crippen LogP contribution in [0.25, 0.3) is 0 Å². The van der Waals surface area contributed by atoms with Gasteiger partial charge < -0.3 is 26.4 Å². The maximum atomic E-state index is 9.43. The van der Waals surface area contributed by atoms with Crippen molar-refractivity contribution in [1.82, 2.24) is 0 Å². The largest absolute Gasteiger partial charge is 4.00 e. The Morgan fingerprint density at radius 1 is 1.12 bits per heavy atom. The van der Waals surface area contributed by atoms with E-state index in [4.69, 9.17) is 26.4 Å². The molecule has 1 aliphatic rings. The average Bonchev–Trinajstić information content (AvgIpc) is 2.09. The summed E-state index contributed by atoms with van der Waals surface area (Å²) in [6, 6.07) is 0.562. The van der Waals surface area contributed by atoms with E-state index in [0.29, 0.717) is 0 Å². The molecule has 16 heavy (non-hydrogen) atoms. The van der Waals surface area contributed by atoms with E-state index < -0.39 is 13.3 Å². The van der Waals surface area contributed by atoms with Gasteiger partial charge in [-0.3, -0.25) is 0 Å². The molecule has 96 valence electrons. The van der Waals surface area contributed by atoms with Gasteiger partial charge in [-0.2, -0.15) is 0 Å². The molecule has 0 amide bonds. The van der Waals surface area contributed by atoms with Gasteiger partial charge in [-0.15, -0.1) is 0 Å². The van der Waals surface area contributed by atoms with Gasteiger partial charge in [0.25, 0.3) is 0 Å². The molecule has 0 aromatic heterocycles. The Morgan fingerprint density at radius 2 is 1.38 bits per heavy atom. The summed E-state index contributed by atoms with van der Waals surface area (Å²) in [6.07, 6.45) is 4.80. The molecule has 7 N–H and O–H groups in total. The second-order valence-corrected chi connectivity index (χ2v) is 4.91. The molecule has 1 aliphatic carbocycles. The van der Waals surface area contributed by atoms with Crippen molar-refractivity contribution in [2.75, 3.05) is 0 Å². The Labute approximate surface area is 108 Å². The van der Waals surface area contributed by atoms with Crippen molar-refractivity contribution in [2.24, 2.45) is 11.5 Å². The van der Waals surface area contributed by atoms with Crippen LogP contribution in [-0.4, -0.2) is 32.7 Å². The second-order valence-electron chi connectivity index (χ2n) is 3.44. The quantitative estimate of drug-likeness (QED) is 0.366. The zero-order valence-electron chi connectivity index (χ0n) is 8.56. The summed E-state index contributed by atoms with van der Waals surface area (Å²) < 4.78 is 9.43. The summed E-state index contributed by atoms with van der Waals surface area (Å²) in [5.41, 5.74) is 9.22. The first kappa shape index (κ1) is 18.6. The maximum absolute atomic E-state index is 9.43. The molecule has 0 heterocycles. The Bertz CT molecular complexity index is 249. The standard InChI is InChI=1S/C6H14N2.CH3O5P.Pt/c7-5-3-1-2-4-6(5)8;2-1(3)7(4,5)6;/h5-6H,1-4,7-8H2;(H,2,3)(H2,4,5,6);/q;;+4. The van der Waals surface area contributed by atoms with Crippen LogP contribution < -0.4 is 11.5 Å². The van der Waals surface area contributed by atoms with Crippen molar-refractivity contribution in [3.8, 4) is 0 Å². The van der Waals surface area contributed by atoms with E-state index >= 15 is 0 Å². The molecular weight excluding hydrogens is 418 g/mol. The fraction of sp³-hybridized carbons (Fsp3) is 0.857. The molecule has 0 spiro atoms. The van der Waals surface area contributed by atoms with Gasteiger partial charge in [-0.1, -0.05) is 12.8 Å². The Balaban J connectivity index is 0. The molecule has 0 saturated heterocycles. The summed E-state index contributed by atoms with van der Waals surface area (Å²) in [7, 11) is -4.82. The van der Waals surface area contributed by atoms with Crippen LogP contribution in [-0.2, 0) is 25.6 Å². The van der Waals surface area contributed by atoms with Gasteiger partial charge in [0.05, 0.1) is 0 Å². The van der Waals surface area contributed by atoms with E-state index in [1.54, 1.807) is 0 Å². The molecule has 1 fully saturated rings. The van der Waals surface area contributed by atoms with E-state index in [2.05, 4.69) is 0 Å². The van der Waals surface area contributed by atoms with E-state index in [0.717, 1.165) is 12.8 Å². The van der Waals surface area contributed by atoms with Gasteiger partial charge in [0.2, 0.25) is 0 Å². The molecule has 0 aromatic carbocycles. The fourth-order valence-corrected chi connectivity index (χ4v) is 1.19. The molecule has 9 heteroatoms. The molecule has 2 atom stereocenters. The predicted octanol–water partition coefficient (Wildman–Crippen LogP) is 0.0546. The van der Waals surface area contributed by atoms with Gasteiger partial charge in [-0.05, 0) is 12.8 Å². The molecular formula is C7H17N2O5PPt+4. The molecule has 0 aliphatic heterocycles. The van der Waals surface area contributed by atoms with Crippen LogP contribution in [0.1, 0.15) is 25.7 Å². The zero-order chi connectivity index (χ0) is 12.1. The van der Waals surface area contributed by atoms with Crippen molar-refractivity contribution >= 4 is 13.3 Å². The number of carbonyl (C=O) groups is 1. The maximum Gasteiger partial charge on any atom is 4.00 e. The second kappa shape index (κ2) is 8.34. The summed E-state index contributed by atoms with van der Waals surface area (Å²) in [4.78, 5) is 24.5. The minimum absolute atomic E-state index is 0. The number of carboxylic acid groups (broad SMARTS) is 1. The first-order chi connectivity index (χ1) is 6.75. The zero-order valence-corrected chi connectivity index (χ0v) is 11.7. The SMILES string of the molecule is NC1CCCCC1N.O=C(O)P(=O)(O)O.[Pt+4]. The third kappa shape index (κ3) is 8.39. The van der Waals surface area contributed by atoms with E-state index in [9.17, 15) is 9.36 Å². The summed E-state index contributed by atoms with van der Waals surface area (Å²) in [5.74, 6) is 0. The number of nitrogens with two attached hydrogens (primary N) is 2. The molecule has 0 radical (unpaired) electrons. The summed E-state index contributed by atoms with van der Waals surface area (Å²) >= 11 is 0.